The van der Waals surface area contributed by atoms with E-state index in [4.69, 9.17) is 34.8 Å². The molecule has 126 valence electrons. The number of nitrogens with zero attached hydrogens (tertiary/aromatic N) is 1. The lowest BCUT2D eigenvalue weighted by atomic mass is 10.1. The van der Waals surface area contributed by atoms with Crippen LogP contribution >= 0.6 is 34.8 Å². The topological polar surface area (TPSA) is 20.3 Å². The van der Waals surface area contributed by atoms with Crippen LogP contribution in [0.5, 0.6) is 0 Å². The molecular weight excluding hydrogens is 329 g/mol. The molecule has 2 nitrogen and oxygen atoms in total. The van der Waals surface area contributed by atoms with Crippen molar-refractivity contribution < 1.29 is 4.79 Å². The Morgan fingerprint density at radius 3 is 1.48 bits per heavy atom. The Hall–Kier alpha value is 0.340. The van der Waals surface area contributed by atoms with E-state index in [2.05, 4.69) is 13.8 Å². The number of hydrogen-bond donors (Lipinski definition) is 0. The zero-order valence-electron chi connectivity index (χ0n) is 13.5. The van der Waals surface area contributed by atoms with E-state index >= 15 is 0 Å². The van der Waals surface area contributed by atoms with Gasteiger partial charge in [-0.1, -0.05) is 100 Å². The summed E-state index contributed by atoms with van der Waals surface area (Å²) in [5, 5.41) is 0. The Labute approximate surface area is 145 Å². The summed E-state index contributed by atoms with van der Waals surface area (Å²) in [4.78, 5) is 13.9. The Bertz CT molecular complexity index is 253. The van der Waals surface area contributed by atoms with Gasteiger partial charge in [0.25, 0.3) is 9.70 Å². The summed E-state index contributed by atoms with van der Waals surface area (Å²) in [6.07, 6.45) is 11.6. The molecule has 0 aliphatic carbocycles. The van der Waals surface area contributed by atoms with E-state index in [1.165, 1.54) is 38.5 Å². The molecule has 0 aromatic carbocycles. The minimum atomic E-state index is -1.83. The van der Waals surface area contributed by atoms with Crippen LogP contribution in [0.4, 0.5) is 0 Å². The van der Waals surface area contributed by atoms with Gasteiger partial charge in [0.2, 0.25) is 0 Å². The number of halogens is 3. The maximum Gasteiger partial charge on any atom is 0.274 e. The van der Waals surface area contributed by atoms with Gasteiger partial charge in [0.05, 0.1) is 0 Å². The molecule has 0 bridgehead atoms. The van der Waals surface area contributed by atoms with E-state index in [9.17, 15) is 4.79 Å². The van der Waals surface area contributed by atoms with Gasteiger partial charge in [-0.3, -0.25) is 4.79 Å². The molecule has 0 aliphatic heterocycles. The summed E-state index contributed by atoms with van der Waals surface area (Å²) in [6.45, 7) is 5.78. The first-order valence-electron chi connectivity index (χ1n) is 8.29. The predicted molar refractivity (Wildman–Crippen MR) is 94.4 cm³/mol. The van der Waals surface area contributed by atoms with Crippen LogP contribution in [0.2, 0.25) is 0 Å². The van der Waals surface area contributed by atoms with Gasteiger partial charge in [0.15, 0.2) is 0 Å². The van der Waals surface area contributed by atoms with Gasteiger partial charge in [0.1, 0.15) is 0 Å². The van der Waals surface area contributed by atoms with Crippen molar-refractivity contribution in [1.82, 2.24) is 4.90 Å². The molecule has 0 unspecified atom stereocenters. The standard InChI is InChI=1S/C16H30Cl3NO/c1-3-5-7-9-11-13-20(15(21)16(17,18)19)14-12-10-8-6-4-2/h3-14H2,1-2H3. The SMILES string of the molecule is CCCCCCCN(CCCCCCC)C(=O)C(Cl)(Cl)Cl. The normalized spacial score (nSPS) is 11.7. The molecule has 0 atom stereocenters. The molecule has 0 aliphatic rings. The third-order valence-electron chi connectivity index (χ3n) is 3.59. The number of alkyl halides is 3. The number of hydrogen-bond acceptors (Lipinski definition) is 1. The van der Waals surface area contributed by atoms with E-state index in [0.29, 0.717) is 13.1 Å². The van der Waals surface area contributed by atoms with Crippen LogP contribution in [-0.2, 0) is 4.79 Å². The molecule has 5 heteroatoms. The highest BCUT2D eigenvalue weighted by molar-refractivity contribution is 6.76. The summed E-state index contributed by atoms with van der Waals surface area (Å²) >= 11 is 17.2. The van der Waals surface area contributed by atoms with Gasteiger partial charge >= 0.3 is 0 Å². The maximum absolute atomic E-state index is 12.1. The molecule has 21 heavy (non-hydrogen) atoms. The van der Waals surface area contributed by atoms with Gasteiger partial charge < -0.3 is 4.90 Å². The monoisotopic (exact) mass is 357 g/mol. The van der Waals surface area contributed by atoms with Crippen LogP contribution in [-0.4, -0.2) is 27.7 Å². The highest BCUT2D eigenvalue weighted by Crippen LogP contribution is 2.29. The van der Waals surface area contributed by atoms with Crippen LogP contribution in [0.3, 0.4) is 0 Å². The molecular formula is C16H30Cl3NO. The fourth-order valence-corrected chi connectivity index (χ4v) is 2.67. The average Bonchev–Trinajstić information content (AvgIpc) is 2.43. The summed E-state index contributed by atoms with van der Waals surface area (Å²) < 4.78 is -1.83. The number of carbonyl (C=O) groups excluding carboxylic acids is 1. The maximum atomic E-state index is 12.1. The number of carbonyl (C=O) groups is 1. The minimum absolute atomic E-state index is 0.376. The Morgan fingerprint density at radius 2 is 1.14 bits per heavy atom. The van der Waals surface area contributed by atoms with Crippen molar-refractivity contribution in [2.75, 3.05) is 13.1 Å². The second-order valence-corrected chi connectivity index (χ2v) is 7.90. The Balaban J connectivity index is 4.13. The van der Waals surface area contributed by atoms with Gasteiger partial charge in [-0.15, -0.1) is 0 Å². The zero-order valence-corrected chi connectivity index (χ0v) is 15.7. The van der Waals surface area contributed by atoms with Crippen molar-refractivity contribution in [3.63, 3.8) is 0 Å². The lowest BCUT2D eigenvalue weighted by Gasteiger charge is -2.26. The van der Waals surface area contributed by atoms with E-state index in [0.717, 1.165) is 25.7 Å². The van der Waals surface area contributed by atoms with Crippen LogP contribution in [0, 0.1) is 0 Å². The highest BCUT2D eigenvalue weighted by Gasteiger charge is 2.34. The fraction of sp³-hybridized carbons (Fsp3) is 0.938. The van der Waals surface area contributed by atoms with E-state index in [-0.39, 0.29) is 5.91 Å². The molecule has 0 fully saturated rings. The van der Waals surface area contributed by atoms with Gasteiger partial charge in [-0.05, 0) is 12.8 Å². The van der Waals surface area contributed by atoms with Crippen molar-refractivity contribution in [2.45, 2.75) is 81.8 Å². The third-order valence-corrected chi connectivity index (χ3v) is 4.08. The molecule has 0 saturated heterocycles. The van der Waals surface area contributed by atoms with Gasteiger partial charge in [-0.25, -0.2) is 0 Å². The average molecular weight is 359 g/mol. The lowest BCUT2D eigenvalue weighted by Crippen LogP contribution is -2.40. The number of unbranched alkanes of at least 4 members (excludes halogenated alkanes) is 8. The molecule has 0 spiro atoms. The molecule has 0 aromatic rings. The van der Waals surface area contributed by atoms with Crippen molar-refractivity contribution in [3.05, 3.63) is 0 Å². The minimum Gasteiger partial charge on any atom is -0.339 e. The molecule has 0 heterocycles. The fourth-order valence-electron chi connectivity index (χ4n) is 2.31. The largest absolute Gasteiger partial charge is 0.339 e. The number of amides is 1. The lowest BCUT2D eigenvalue weighted by molar-refractivity contribution is -0.130. The first kappa shape index (κ1) is 21.3. The predicted octanol–water partition coefficient (Wildman–Crippen LogP) is 6.13. The van der Waals surface area contributed by atoms with E-state index in [1.54, 1.807) is 4.90 Å². The molecule has 0 saturated carbocycles. The van der Waals surface area contributed by atoms with E-state index < -0.39 is 3.79 Å². The van der Waals surface area contributed by atoms with Crippen molar-refractivity contribution in [1.29, 1.82) is 0 Å². The summed E-state index contributed by atoms with van der Waals surface area (Å²) in [7, 11) is 0. The second kappa shape index (κ2) is 12.8. The summed E-state index contributed by atoms with van der Waals surface area (Å²) in [6, 6.07) is 0. The Morgan fingerprint density at radius 1 is 0.762 bits per heavy atom. The van der Waals surface area contributed by atoms with E-state index in [1.807, 2.05) is 0 Å². The summed E-state index contributed by atoms with van der Waals surface area (Å²) in [5.74, 6) is -0.376. The molecule has 0 aromatic heterocycles. The van der Waals surface area contributed by atoms with Crippen LogP contribution in [0.25, 0.3) is 0 Å². The van der Waals surface area contributed by atoms with Crippen LogP contribution in [0.1, 0.15) is 78.1 Å². The van der Waals surface area contributed by atoms with Crippen LogP contribution in [0.15, 0.2) is 0 Å². The summed E-state index contributed by atoms with van der Waals surface area (Å²) in [5.41, 5.74) is 0. The highest BCUT2D eigenvalue weighted by atomic mass is 35.6. The second-order valence-electron chi connectivity index (χ2n) is 5.62. The number of rotatable bonds is 12. The van der Waals surface area contributed by atoms with Gasteiger partial charge in [0, 0.05) is 13.1 Å². The first-order chi connectivity index (χ1) is 9.93. The third kappa shape index (κ3) is 11.5. The smallest absolute Gasteiger partial charge is 0.274 e. The molecule has 1 amide bonds. The van der Waals surface area contributed by atoms with Gasteiger partial charge in [-0.2, -0.15) is 0 Å². The Kier molecular flexibility index (Phi) is 13.0. The zero-order chi connectivity index (χ0) is 16.1. The van der Waals surface area contributed by atoms with Crippen molar-refractivity contribution in [2.24, 2.45) is 0 Å². The first-order valence-corrected chi connectivity index (χ1v) is 9.43. The van der Waals surface area contributed by atoms with Crippen LogP contribution < -0.4 is 0 Å². The quantitative estimate of drug-likeness (QED) is 0.304. The van der Waals surface area contributed by atoms with Crippen molar-refractivity contribution in [3.8, 4) is 0 Å². The molecule has 0 radical (unpaired) electrons. The molecule has 0 N–H and O–H groups in total. The molecule has 0 rings (SSSR count). The van der Waals surface area contributed by atoms with Crippen molar-refractivity contribution >= 4 is 40.7 Å².